The smallest absolute Gasteiger partial charge is 0.111 e. The SMILES string of the molecule is CNCc1sc(C2CSCCN2C)nc1C. The van der Waals surface area contributed by atoms with Gasteiger partial charge in [-0.05, 0) is 21.0 Å². The summed E-state index contributed by atoms with van der Waals surface area (Å²) in [7, 11) is 4.19. The molecule has 1 aromatic rings. The van der Waals surface area contributed by atoms with Crippen LogP contribution < -0.4 is 5.32 Å². The number of aromatic nitrogens is 1. The van der Waals surface area contributed by atoms with Crippen molar-refractivity contribution in [1.29, 1.82) is 0 Å². The van der Waals surface area contributed by atoms with E-state index in [9.17, 15) is 0 Å². The predicted octanol–water partition coefficient (Wildman–Crippen LogP) is 1.89. The first-order valence-corrected chi connectivity index (χ1v) is 7.58. The number of hydrogen-bond donors (Lipinski definition) is 1. The fourth-order valence-electron chi connectivity index (χ4n) is 1.86. The third-order valence-electron chi connectivity index (χ3n) is 2.93. The Morgan fingerprint density at radius 2 is 2.38 bits per heavy atom. The molecule has 1 fully saturated rings. The number of nitrogens with one attached hydrogen (secondary N) is 1. The minimum atomic E-state index is 0.521. The first kappa shape index (κ1) is 12.4. The summed E-state index contributed by atoms with van der Waals surface area (Å²) in [4.78, 5) is 8.53. The van der Waals surface area contributed by atoms with Crippen molar-refractivity contribution >= 4 is 23.1 Å². The molecule has 1 aliphatic heterocycles. The molecule has 1 aliphatic rings. The standard InChI is InChI=1S/C11H19N3S2/c1-8-10(6-12-2)16-11(13-8)9-7-15-5-4-14(9)3/h9,12H,4-7H2,1-3H3. The molecule has 90 valence electrons. The van der Waals surface area contributed by atoms with Crippen LogP contribution in [0.5, 0.6) is 0 Å². The maximum Gasteiger partial charge on any atom is 0.111 e. The molecule has 2 rings (SSSR count). The van der Waals surface area contributed by atoms with Crippen molar-refractivity contribution in [3.05, 3.63) is 15.6 Å². The summed E-state index contributed by atoms with van der Waals surface area (Å²) in [6.45, 7) is 4.23. The Balaban J connectivity index is 2.16. The van der Waals surface area contributed by atoms with E-state index >= 15 is 0 Å². The third-order valence-corrected chi connectivity index (χ3v) is 5.21. The van der Waals surface area contributed by atoms with Gasteiger partial charge in [0.25, 0.3) is 0 Å². The molecule has 0 bridgehead atoms. The maximum atomic E-state index is 4.73. The minimum absolute atomic E-state index is 0.521. The summed E-state index contributed by atoms with van der Waals surface area (Å²) >= 11 is 3.91. The van der Waals surface area contributed by atoms with Gasteiger partial charge in [-0.2, -0.15) is 11.8 Å². The highest BCUT2D eigenvalue weighted by Gasteiger charge is 2.24. The van der Waals surface area contributed by atoms with Crippen molar-refractivity contribution in [3.63, 3.8) is 0 Å². The molecule has 0 radical (unpaired) electrons. The van der Waals surface area contributed by atoms with E-state index in [1.54, 1.807) is 0 Å². The lowest BCUT2D eigenvalue weighted by Crippen LogP contribution is -2.32. The molecule has 5 heteroatoms. The van der Waals surface area contributed by atoms with Gasteiger partial charge in [0, 0.05) is 29.5 Å². The van der Waals surface area contributed by atoms with Crippen molar-refractivity contribution in [2.45, 2.75) is 19.5 Å². The van der Waals surface area contributed by atoms with Crippen LogP contribution in [0, 0.1) is 6.92 Å². The molecule has 3 nitrogen and oxygen atoms in total. The Morgan fingerprint density at radius 3 is 3.06 bits per heavy atom. The molecule has 0 amide bonds. The van der Waals surface area contributed by atoms with Gasteiger partial charge in [0.2, 0.25) is 0 Å². The van der Waals surface area contributed by atoms with Crippen molar-refractivity contribution < 1.29 is 0 Å². The summed E-state index contributed by atoms with van der Waals surface area (Å²) < 4.78 is 0. The van der Waals surface area contributed by atoms with Crippen LogP contribution in [0.15, 0.2) is 0 Å². The topological polar surface area (TPSA) is 28.2 Å². The lowest BCUT2D eigenvalue weighted by molar-refractivity contribution is 0.274. The molecule has 0 spiro atoms. The quantitative estimate of drug-likeness (QED) is 0.895. The van der Waals surface area contributed by atoms with E-state index < -0.39 is 0 Å². The Labute approximate surface area is 106 Å². The molecule has 1 aromatic heterocycles. The summed E-state index contributed by atoms with van der Waals surface area (Å²) in [5, 5.41) is 4.49. The molecule has 1 unspecified atom stereocenters. The van der Waals surface area contributed by atoms with Crippen LogP contribution in [0.4, 0.5) is 0 Å². The molecular weight excluding hydrogens is 238 g/mol. The Hall–Kier alpha value is -0.100. The molecular formula is C11H19N3S2. The number of rotatable bonds is 3. The van der Waals surface area contributed by atoms with E-state index in [0.29, 0.717) is 6.04 Å². The van der Waals surface area contributed by atoms with E-state index in [0.717, 1.165) is 6.54 Å². The van der Waals surface area contributed by atoms with Crippen molar-refractivity contribution in [1.82, 2.24) is 15.2 Å². The van der Waals surface area contributed by atoms with Gasteiger partial charge in [-0.25, -0.2) is 4.98 Å². The number of hydrogen-bond acceptors (Lipinski definition) is 5. The van der Waals surface area contributed by atoms with Crippen LogP contribution in [0.1, 0.15) is 21.6 Å². The average molecular weight is 257 g/mol. The zero-order valence-corrected chi connectivity index (χ0v) is 11.7. The number of nitrogens with zero attached hydrogens (tertiary/aromatic N) is 2. The Bertz CT molecular complexity index is 351. The van der Waals surface area contributed by atoms with Gasteiger partial charge >= 0.3 is 0 Å². The predicted molar refractivity (Wildman–Crippen MR) is 72.3 cm³/mol. The monoisotopic (exact) mass is 257 g/mol. The molecule has 0 aliphatic carbocycles. The van der Waals surface area contributed by atoms with Crippen LogP contribution >= 0.6 is 23.1 Å². The molecule has 2 heterocycles. The first-order valence-electron chi connectivity index (χ1n) is 5.61. The average Bonchev–Trinajstić information content (AvgIpc) is 2.61. The van der Waals surface area contributed by atoms with Crippen molar-refractivity contribution in [2.24, 2.45) is 0 Å². The molecule has 1 saturated heterocycles. The summed E-state index contributed by atoms with van der Waals surface area (Å²) in [5.74, 6) is 2.43. The van der Waals surface area contributed by atoms with Gasteiger partial charge in [-0.15, -0.1) is 11.3 Å². The van der Waals surface area contributed by atoms with Crippen LogP contribution in [-0.4, -0.2) is 42.0 Å². The second-order valence-electron chi connectivity index (χ2n) is 4.16. The maximum absolute atomic E-state index is 4.73. The molecule has 0 aromatic carbocycles. The second-order valence-corrected chi connectivity index (χ2v) is 6.43. The minimum Gasteiger partial charge on any atom is -0.315 e. The van der Waals surface area contributed by atoms with E-state index in [-0.39, 0.29) is 0 Å². The lowest BCUT2D eigenvalue weighted by Gasteiger charge is -2.30. The van der Waals surface area contributed by atoms with E-state index in [1.165, 1.54) is 33.6 Å². The van der Waals surface area contributed by atoms with Gasteiger partial charge < -0.3 is 5.32 Å². The molecule has 1 N–H and O–H groups in total. The Morgan fingerprint density at radius 1 is 1.56 bits per heavy atom. The number of aryl methyl sites for hydroxylation is 1. The highest BCUT2D eigenvalue weighted by Crippen LogP contribution is 2.32. The summed E-state index contributed by atoms with van der Waals surface area (Å²) in [6.07, 6.45) is 0. The van der Waals surface area contributed by atoms with Crippen LogP contribution in [0.2, 0.25) is 0 Å². The molecule has 1 atom stereocenters. The number of thiazole rings is 1. The van der Waals surface area contributed by atoms with E-state index in [4.69, 9.17) is 4.98 Å². The zero-order chi connectivity index (χ0) is 11.5. The Kier molecular flexibility index (Phi) is 4.24. The van der Waals surface area contributed by atoms with E-state index in [1.807, 2.05) is 30.1 Å². The van der Waals surface area contributed by atoms with E-state index in [2.05, 4.69) is 24.2 Å². The fourth-order valence-corrected chi connectivity index (χ4v) is 4.43. The second kappa shape index (κ2) is 5.49. The summed E-state index contributed by atoms with van der Waals surface area (Å²) in [6, 6.07) is 0.521. The van der Waals surface area contributed by atoms with Crippen LogP contribution in [0.3, 0.4) is 0 Å². The van der Waals surface area contributed by atoms with Crippen LogP contribution in [-0.2, 0) is 6.54 Å². The molecule has 0 saturated carbocycles. The van der Waals surface area contributed by atoms with Gasteiger partial charge in [-0.1, -0.05) is 0 Å². The van der Waals surface area contributed by atoms with Crippen molar-refractivity contribution in [3.8, 4) is 0 Å². The largest absolute Gasteiger partial charge is 0.315 e. The lowest BCUT2D eigenvalue weighted by atomic mass is 10.3. The fraction of sp³-hybridized carbons (Fsp3) is 0.727. The van der Waals surface area contributed by atoms with Crippen LogP contribution in [0.25, 0.3) is 0 Å². The highest BCUT2D eigenvalue weighted by atomic mass is 32.2. The normalized spacial score (nSPS) is 22.6. The zero-order valence-electron chi connectivity index (χ0n) is 10.1. The van der Waals surface area contributed by atoms with Gasteiger partial charge in [-0.3, -0.25) is 4.90 Å². The first-order chi connectivity index (χ1) is 7.72. The molecule has 16 heavy (non-hydrogen) atoms. The van der Waals surface area contributed by atoms with Crippen molar-refractivity contribution in [2.75, 3.05) is 32.1 Å². The highest BCUT2D eigenvalue weighted by molar-refractivity contribution is 7.99. The van der Waals surface area contributed by atoms with Gasteiger partial charge in [0.05, 0.1) is 11.7 Å². The summed E-state index contributed by atoms with van der Waals surface area (Å²) in [5.41, 5.74) is 1.19. The van der Waals surface area contributed by atoms with Gasteiger partial charge in [0.15, 0.2) is 0 Å². The third kappa shape index (κ3) is 2.59. The number of thioether (sulfide) groups is 1. The van der Waals surface area contributed by atoms with Gasteiger partial charge in [0.1, 0.15) is 5.01 Å².